The second-order valence-electron chi connectivity index (χ2n) is 15.0. The van der Waals surface area contributed by atoms with E-state index in [1.807, 2.05) is 18.3 Å². The molecule has 0 unspecified atom stereocenters. The van der Waals surface area contributed by atoms with Gasteiger partial charge in [-0.25, -0.2) is 4.98 Å². The van der Waals surface area contributed by atoms with Gasteiger partial charge in [0.15, 0.2) is 5.78 Å². The normalized spacial score (nSPS) is 32.4. The summed E-state index contributed by atoms with van der Waals surface area (Å²) in [5.74, 6) is 2.87. The van der Waals surface area contributed by atoms with Gasteiger partial charge in [0, 0.05) is 41.9 Å². The third-order valence-corrected chi connectivity index (χ3v) is 12.2. The van der Waals surface area contributed by atoms with E-state index >= 15 is 0 Å². The summed E-state index contributed by atoms with van der Waals surface area (Å²) in [7, 11) is 0. The highest BCUT2D eigenvalue weighted by atomic mass is 16.3. The third-order valence-electron chi connectivity index (χ3n) is 12.2. The highest BCUT2D eigenvalue weighted by molar-refractivity contribution is 5.99. The Morgan fingerprint density at radius 1 is 1.16 bits per heavy atom. The fourth-order valence-corrected chi connectivity index (χ4v) is 9.57. The van der Waals surface area contributed by atoms with Crippen LogP contribution in [0.3, 0.4) is 0 Å². The van der Waals surface area contributed by atoms with E-state index in [0.717, 1.165) is 73.2 Å². The van der Waals surface area contributed by atoms with Crippen molar-refractivity contribution < 1.29 is 15.0 Å². The first-order chi connectivity index (χ1) is 21.7. The first kappa shape index (κ1) is 32.1. The van der Waals surface area contributed by atoms with E-state index in [1.165, 1.54) is 31.3 Å². The molecule has 4 fully saturated rings. The predicted molar refractivity (Wildman–Crippen MR) is 179 cm³/mol. The Hall–Kier alpha value is -2.83. The van der Waals surface area contributed by atoms with Gasteiger partial charge < -0.3 is 15.2 Å². The number of hydrogen-bond donors (Lipinski definition) is 3. The summed E-state index contributed by atoms with van der Waals surface area (Å²) < 4.78 is 0. The molecule has 7 atom stereocenters. The quantitative estimate of drug-likeness (QED) is 0.225. The zero-order valence-electron chi connectivity index (χ0n) is 27.6. The summed E-state index contributed by atoms with van der Waals surface area (Å²) >= 11 is 0. The molecule has 2 aromatic rings. The lowest BCUT2D eigenvalue weighted by molar-refractivity contribution is 0.0801. The van der Waals surface area contributed by atoms with Gasteiger partial charge in [0.2, 0.25) is 0 Å². The Kier molecular flexibility index (Phi) is 9.36. The van der Waals surface area contributed by atoms with Crippen molar-refractivity contribution in [1.82, 2.24) is 15.0 Å². The van der Waals surface area contributed by atoms with Crippen LogP contribution >= 0.6 is 0 Å². The lowest BCUT2D eigenvalue weighted by Gasteiger charge is -2.44. The number of fused-ring (bicyclic) bond motifs is 1. The molecule has 0 spiro atoms. The lowest BCUT2D eigenvalue weighted by Crippen LogP contribution is -2.36. The molecule has 3 N–H and O–H groups in total. The Bertz CT molecular complexity index is 1440. The highest BCUT2D eigenvalue weighted by Gasteiger charge is 2.56. The number of H-pyrrole nitrogens is 1. The SMILES string of the molecule is C=C1/C(=C\C=C2/CCC[C@]3(C)[C@@H]([C@H](C)CC[C@@H](C(=O)c4ccncc4)C4(c5nc(CCC)c[nH]5)CC4)CC[C@@H]23)C[C@@H](O)C[C@@H]1O. The topological polar surface area (TPSA) is 99.1 Å². The van der Waals surface area contributed by atoms with Crippen molar-refractivity contribution in [2.45, 2.75) is 122 Å². The molecule has 0 aromatic carbocycles. The van der Waals surface area contributed by atoms with E-state index in [9.17, 15) is 15.0 Å². The number of carbonyl (C=O) groups is 1. The number of nitrogens with one attached hydrogen (secondary N) is 1. The predicted octanol–water partition coefficient (Wildman–Crippen LogP) is 7.85. The molecule has 4 aliphatic rings. The minimum absolute atomic E-state index is 0.0873. The first-order valence-corrected chi connectivity index (χ1v) is 17.6. The number of carbonyl (C=O) groups excluding carboxylic acids is 1. The fourth-order valence-electron chi connectivity index (χ4n) is 9.57. The Morgan fingerprint density at radius 3 is 2.67 bits per heavy atom. The van der Waals surface area contributed by atoms with Crippen molar-refractivity contribution >= 4 is 5.78 Å². The minimum atomic E-state index is -0.651. The van der Waals surface area contributed by atoms with Crippen molar-refractivity contribution in [3.05, 3.63) is 83.3 Å². The van der Waals surface area contributed by atoms with Crippen LogP contribution in [0.4, 0.5) is 0 Å². The number of hydrogen-bond acceptors (Lipinski definition) is 5. The van der Waals surface area contributed by atoms with Crippen LogP contribution in [0.25, 0.3) is 0 Å². The largest absolute Gasteiger partial charge is 0.393 e. The van der Waals surface area contributed by atoms with Gasteiger partial charge in [0.25, 0.3) is 0 Å². The van der Waals surface area contributed by atoms with Gasteiger partial charge in [-0.1, -0.05) is 51.5 Å². The molecule has 4 saturated carbocycles. The summed E-state index contributed by atoms with van der Waals surface area (Å²) in [6.45, 7) is 11.3. The number of imidazole rings is 1. The Labute approximate surface area is 269 Å². The molecule has 4 aliphatic carbocycles. The molecule has 2 heterocycles. The third kappa shape index (κ3) is 6.30. The number of aliphatic hydroxyl groups is 2. The standard InChI is InChI=1S/C39H53N3O3/c1-5-7-30-24-41-37(42-30)39(18-19-39)34(36(45)28-15-20-40-21-16-28)12-9-25(2)32-13-14-33-27(8-6-17-38(32,33)4)10-11-29-22-31(43)23-35(44)26(29)3/h10-11,15-16,20-21,24-25,31-35,43-44H,3,5-9,12-14,17-19,22-23H2,1-2,4H3,(H,41,42)/b27-10+,29-11-/t25-,31-,32-,33+,34+,35+,38-/m1/s1. The van der Waals surface area contributed by atoms with Crippen LogP contribution in [0.5, 0.6) is 0 Å². The molecule has 6 heteroatoms. The molecule has 6 nitrogen and oxygen atoms in total. The Morgan fingerprint density at radius 2 is 1.93 bits per heavy atom. The van der Waals surface area contributed by atoms with Crippen molar-refractivity contribution in [3.63, 3.8) is 0 Å². The van der Waals surface area contributed by atoms with Crippen LogP contribution in [-0.2, 0) is 11.8 Å². The Balaban J connectivity index is 1.19. The summed E-state index contributed by atoms with van der Waals surface area (Å²) in [5, 5.41) is 20.6. The van der Waals surface area contributed by atoms with Crippen LogP contribution in [0.1, 0.15) is 120 Å². The molecular formula is C39H53N3O3. The number of aryl methyl sites for hydroxylation is 1. The van der Waals surface area contributed by atoms with Gasteiger partial charge in [0.05, 0.1) is 17.9 Å². The highest BCUT2D eigenvalue weighted by Crippen LogP contribution is 2.61. The second-order valence-corrected chi connectivity index (χ2v) is 15.0. The first-order valence-electron chi connectivity index (χ1n) is 17.6. The molecule has 0 aliphatic heterocycles. The van der Waals surface area contributed by atoms with Crippen LogP contribution in [-0.4, -0.2) is 43.2 Å². The fraction of sp³-hybridized carbons (Fsp3) is 0.615. The molecule has 0 radical (unpaired) electrons. The van der Waals surface area contributed by atoms with Gasteiger partial charge in [-0.2, -0.15) is 0 Å². The average molecular weight is 612 g/mol. The number of Topliss-reactive ketones (excluding diaryl/α,β-unsaturated/α-hetero) is 1. The molecule has 0 amide bonds. The summed E-state index contributed by atoms with van der Waals surface area (Å²) in [6.07, 6.45) is 21.7. The maximum Gasteiger partial charge on any atom is 0.167 e. The molecule has 6 rings (SSSR count). The second kappa shape index (κ2) is 13.1. The smallest absolute Gasteiger partial charge is 0.167 e. The summed E-state index contributed by atoms with van der Waals surface area (Å²) in [5.41, 5.74) is 5.20. The minimum Gasteiger partial charge on any atom is -0.393 e. The van der Waals surface area contributed by atoms with Crippen LogP contribution in [0.2, 0.25) is 0 Å². The van der Waals surface area contributed by atoms with Gasteiger partial charge in [-0.05, 0) is 117 Å². The lowest BCUT2D eigenvalue weighted by atomic mass is 9.60. The van der Waals surface area contributed by atoms with Crippen LogP contribution in [0.15, 0.2) is 66.2 Å². The number of rotatable bonds is 11. The van der Waals surface area contributed by atoms with Crippen molar-refractivity contribution in [2.24, 2.45) is 29.1 Å². The number of pyridine rings is 1. The molecule has 2 aromatic heterocycles. The number of aliphatic hydroxyl groups excluding tert-OH is 2. The van der Waals surface area contributed by atoms with E-state index in [0.29, 0.717) is 30.6 Å². The van der Waals surface area contributed by atoms with E-state index < -0.39 is 12.2 Å². The number of nitrogens with zero attached hydrogens (tertiary/aromatic N) is 2. The summed E-state index contributed by atoms with van der Waals surface area (Å²) in [4.78, 5) is 26.8. The molecular weight excluding hydrogens is 558 g/mol. The van der Waals surface area contributed by atoms with E-state index in [-0.39, 0.29) is 22.5 Å². The van der Waals surface area contributed by atoms with E-state index in [2.05, 4.69) is 49.5 Å². The monoisotopic (exact) mass is 611 g/mol. The zero-order valence-corrected chi connectivity index (χ0v) is 27.6. The number of aromatic nitrogens is 3. The molecule has 0 saturated heterocycles. The van der Waals surface area contributed by atoms with Crippen LogP contribution < -0.4 is 0 Å². The maximum atomic E-state index is 14.2. The van der Waals surface area contributed by atoms with E-state index in [1.54, 1.807) is 12.4 Å². The number of allylic oxidation sites excluding steroid dienone is 3. The van der Waals surface area contributed by atoms with Crippen LogP contribution in [0, 0.1) is 29.1 Å². The average Bonchev–Trinajstić information content (AvgIpc) is 3.53. The van der Waals surface area contributed by atoms with Gasteiger partial charge in [-0.15, -0.1) is 0 Å². The molecule has 242 valence electrons. The van der Waals surface area contributed by atoms with Gasteiger partial charge >= 0.3 is 0 Å². The van der Waals surface area contributed by atoms with Gasteiger partial charge in [0.1, 0.15) is 5.82 Å². The van der Waals surface area contributed by atoms with Crippen molar-refractivity contribution in [3.8, 4) is 0 Å². The number of ketones is 1. The number of aromatic amines is 1. The molecule has 0 bridgehead atoms. The van der Waals surface area contributed by atoms with E-state index in [4.69, 9.17) is 4.98 Å². The summed E-state index contributed by atoms with van der Waals surface area (Å²) in [6, 6.07) is 3.74. The van der Waals surface area contributed by atoms with Crippen molar-refractivity contribution in [1.29, 1.82) is 0 Å². The zero-order chi connectivity index (χ0) is 31.8. The van der Waals surface area contributed by atoms with Crippen molar-refractivity contribution in [2.75, 3.05) is 0 Å². The van der Waals surface area contributed by atoms with Gasteiger partial charge in [-0.3, -0.25) is 9.78 Å². The maximum absolute atomic E-state index is 14.2. The molecule has 45 heavy (non-hydrogen) atoms.